The molecule has 5 nitrogen and oxygen atoms in total. The summed E-state index contributed by atoms with van der Waals surface area (Å²) >= 11 is 0. The highest BCUT2D eigenvalue weighted by molar-refractivity contribution is 7.92. The first-order valence-corrected chi connectivity index (χ1v) is 6.27. The van der Waals surface area contributed by atoms with Gasteiger partial charge in [0.1, 0.15) is 0 Å². The van der Waals surface area contributed by atoms with Gasteiger partial charge >= 0.3 is 0 Å². The molecule has 3 N–H and O–H groups in total. The lowest BCUT2D eigenvalue weighted by atomic mass is 10.3. The number of hydrogen-bond acceptors (Lipinski definition) is 4. The van der Waals surface area contributed by atoms with Crippen molar-refractivity contribution in [2.24, 2.45) is 5.92 Å². The lowest BCUT2D eigenvalue weighted by Crippen LogP contribution is -2.21. The smallest absolute Gasteiger partial charge is 0.234 e. The van der Waals surface area contributed by atoms with Crippen molar-refractivity contribution < 1.29 is 8.42 Å². The zero-order valence-corrected chi connectivity index (χ0v) is 9.58. The molecule has 1 heterocycles. The molecule has 0 saturated heterocycles. The number of aromatic nitrogens is 1. The zero-order valence-electron chi connectivity index (χ0n) is 8.77. The number of anilines is 2. The van der Waals surface area contributed by atoms with Crippen LogP contribution in [0.25, 0.3) is 0 Å². The summed E-state index contributed by atoms with van der Waals surface area (Å²) < 4.78 is 25.5. The number of nitrogens with zero attached hydrogens (tertiary/aromatic N) is 1. The maximum absolute atomic E-state index is 11.6. The summed E-state index contributed by atoms with van der Waals surface area (Å²) in [5.74, 6) is 0.314. The van der Waals surface area contributed by atoms with Crippen LogP contribution in [-0.2, 0) is 10.0 Å². The van der Waals surface area contributed by atoms with Crippen molar-refractivity contribution in [2.45, 2.75) is 13.8 Å². The van der Waals surface area contributed by atoms with Gasteiger partial charge in [0.2, 0.25) is 10.0 Å². The fourth-order valence-corrected chi connectivity index (χ4v) is 2.56. The van der Waals surface area contributed by atoms with Gasteiger partial charge < -0.3 is 5.73 Å². The van der Waals surface area contributed by atoms with E-state index in [0.29, 0.717) is 5.69 Å². The molecule has 84 valence electrons. The summed E-state index contributed by atoms with van der Waals surface area (Å²) in [4.78, 5) is 3.86. The van der Waals surface area contributed by atoms with Gasteiger partial charge in [0.05, 0.1) is 11.4 Å². The Kier molecular flexibility index (Phi) is 3.52. The van der Waals surface area contributed by atoms with Crippen LogP contribution in [0.1, 0.15) is 13.8 Å². The second kappa shape index (κ2) is 4.48. The summed E-state index contributed by atoms with van der Waals surface area (Å²) in [5, 5.41) is 0. The second-order valence-corrected chi connectivity index (χ2v) is 5.49. The van der Waals surface area contributed by atoms with E-state index in [1.807, 2.05) is 13.8 Å². The van der Waals surface area contributed by atoms with Crippen LogP contribution < -0.4 is 10.5 Å². The molecule has 1 aromatic rings. The van der Waals surface area contributed by atoms with Crippen molar-refractivity contribution >= 4 is 21.5 Å². The van der Waals surface area contributed by atoms with Crippen LogP contribution in [0.5, 0.6) is 0 Å². The molecule has 0 unspecified atom stereocenters. The van der Waals surface area contributed by atoms with Gasteiger partial charge in [-0.2, -0.15) is 0 Å². The van der Waals surface area contributed by atoms with E-state index in [9.17, 15) is 8.42 Å². The zero-order chi connectivity index (χ0) is 11.5. The standard InChI is InChI=1S/C9H15N3O2S/c1-7(2)6-15(13,14)12-9-8(10)4-3-5-11-9/h3-5,7H,6,10H2,1-2H3,(H,11,12). The predicted octanol–water partition coefficient (Wildman–Crippen LogP) is 1.06. The fraction of sp³-hybridized carbons (Fsp3) is 0.444. The van der Waals surface area contributed by atoms with Crippen molar-refractivity contribution in [3.05, 3.63) is 18.3 Å². The Hall–Kier alpha value is -1.30. The first kappa shape index (κ1) is 11.8. The number of pyridine rings is 1. The Labute approximate surface area is 89.8 Å². The third-order valence-corrected chi connectivity index (χ3v) is 3.25. The highest BCUT2D eigenvalue weighted by atomic mass is 32.2. The molecule has 0 bridgehead atoms. The largest absolute Gasteiger partial charge is 0.396 e. The van der Waals surface area contributed by atoms with Gasteiger partial charge in [-0.05, 0) is 18.1 Å². The number of rotatable bonds is 4. The van der Waals surface area contributed by atoms with E-state index in [-0.39, 0.29) is 17.5 Å². The van der Waals surface area contributed by atoms with E-state index in [0.717, 1.165) is 0 Å². The molecular weight excluding hydrogens is 214 g/mol. The van der Waals surface area contributed by atoms with Crippen molar-refractivity contribution in [2.75, 3.05) is 16.2 Å². The molecule has 15 heavy (non-hydrogen) atoms. The number of sulfonamides is 1. The van der Waals surface area contributed by atoms with Crippen LogP contribution in [0.4, 0.5) is 11.5 Å². The second-order valence-electron chi connectivity index (χ2n) is 3.72. The minimum atomic E-state index is -3.35. The average Bonchev–Trinajstić information content (AvgIpc) is 2.06. The Bertz CT molecular complexity index is 429. The number of nitrogen functional groups attached to an aromatic ring is 1. The molecular formula is C9H15N3O2S. The first-order valence-electron chi connectivity index (χ1n) is 4.61. The molecule has 1 rings (SSSR count). The van der Waals surface area contributed by atoms with Gasteiger partial charge in [0.25, 0.3) is 0 Å². The average molecular weight is 229 g/mol. The van der Waals surface area contributed by atoms with Gasteiger partial charge in [0.15, 0.2) is 5.82 Å². The first-order chi connectivity index (χ1) is 6.91. The lowest BCUT2D eigenvalue weighted by Gasteiger charge is -2.10. The fourth-order valence-electron chi connectivity index (χ4n) is 1.13. The van der Waals surface area contributed by atoms with Crippen molar-refractivity contribution in [3.8, 4) is 0 Å². The van der Waals surface area contributed by atoms with E-state index in [4.69, 9.17) is 5.73 Å². The van der Waals surface area contributed by atoms with Crippen LogP contribution in [0.3, 0.4) is 0 Å². The summed E-state index contributed by atoms with van der Waals surface area (Å²) in [6, 6.07) is 3.25. The van der Waals surface area contributed by atoms with Crippen LogP contribution in [0, 0.1) is 5.92 Å². The molecule has 0 aromatic carbocycles. The van der Waals surface area contributed by atoms with Crippen LogP contribution in [-0.4, -0.2) is 19.2 Å². The van der Waals surface area contributed by atoms with E-state index in [1.54, 1.807) is 12.1 Å². The summed E-state index contributed by atoms with van der Waals surface area (Å²) in [6.07, 6.45) is 1.49. The predicted molar refractivity (Wildman–Crippen MR) is 60.9 cm³/mol. The molecule has 0 amide bonds. The monoisotopic (exact) mass is 229 g/mol. The lowest BCUT2D eigenvalue weighted by molar-refractivity contribution is 0.587. The Morgan fingerprint density at radius 1 is 1.53 bits per heavy atom. The van der Waals surface area contributed by atoms with Crippen molar-refractivity contribution in [3.63, 3.8) is 0 Å². The van der Waals surface area contributed by atoms with Crippen LogP contribution in [0.2, 0.25) is 0 Å². The van der Waals surface area contributed by atoms with E-state index in [2.05, 4.69) is 9.71 Å². The number of hydrogen-bond donors (Lipinski definition) is 2. The molecule has 0 atom stereocenters. The van der Waals surface area contributed by atoms with Gasteiger partial charge in [-0.3, -0.25) is 4.72 Å². The molecule has 0 aliphatic carbocycles. The van der Waals surface area contributed by atoms with Gasteiger partial charge in [-0.1, -0.05) is 13.8 Å². The van der Waals surface area contributed by atoms with Crippen molar-refractivity contribution in [1.82, 2.24) is 4.98 Å². The third-order valence-electron chi connectivity index (χ3n) is 1.64. The third kappa shape index (κ3) is 3.75. The Morgan fingerprint density at radius 3 is 2.73 bits per heavy atom. The van der Waals surface area contributed by atoms with Gasteiger partial charge in [-0.25, -0.2) is 13.4 Å². The topological polar surface area (TPSA) is 85.1 Å². The molecule has 0 fully saturated rings. The maximum Gasteiger partial charge on any atom is 0.234 e. The van der Waals surface area contributed by atoms with Crippen LogP contribution in [0.15, 0.2) is 18.3 Å². The van der Waals surface area contributed by atoms with E-state index in [1.165, 1.54) is 6.20 Å². The van der Waals surface area contributed by atoms with E-state index >= 15 is 0 Å². The summed E-state index contributed by atoms with van der Waals surface area (Å²) in [6.45, 7) is 3.67. The minimum absolute atomic E-state index is 0.0585. The summed E-state index contributed by atoms with van der Waals surface area (Å²) in [5.41, 5.74) is 5.89. The minimum Gasteiger partial charge on any atom is -0.396 e. The molecule has 0 aliphatic heterocycles. The highest BCUT2D eigenvalue weighted by Crippen LogP contribution is 2.15. The number of nitrogens with two attached hydrogens (primary N) is 1. The molecule has 0 aliphatic rings. The molecule has 6 heteroatoms. The molecule has 1 aromatic heterocycles. The summed E-state index contributed by atoms with van der Waals surface area (Å²) in [7, 11) is -3.35. The SMILES string of the molecule is CC(C)CS(=O)(=O)Nc1ncccc1N. The highest BCUT2D eigenvalue weighted by Gasteiger charge is 2.14. The van der Waals surface area contributed by atoms with Gasteiger partial charge in [0, 0.05) is 6.20 Å². The quantitative estimate of drug-likeness (QED) is 0.808. The van der Waals surface area contributed by atoms with Crippen LogP contribution >= 0.6 is 0 Å². The maximum atomic E-state index is 11.6. The number of nitrogens with one attached hydrogen (secondary N) is 1. The molecule has 0 radical (unpaired) electrons. The normalized spacial score (nSPS) is 11.7. The van der Waals surface area contributed by atoms with Gasteiger partial charge in [-0.15, -0.1) is 0 Å². The van der Waals surface area contributed by atoms with E-state index < -0.39 is 10.0 Å². The molecule has 0 spiro atoms. The van der Waals surface area contributed by atoms with Crippen molar-refractivity contribution in [1.29, 1.82) is 0 Å². The Morgan fingerprint density at radius 2 is 2.20 bits per heavy atom. The Balaban J connectivity index is 2.83. The molecule has 0 saturated carbocycles.